The van der Waals surface area contributed by atoms with Gasteiger partial charge >= 0.3 is 0 Å². The van der Waals surface area contributed by atoms with Crippen molar-refractivity contribution in [2.75, 3.05) is 4.90 Å². The van der Waals surface area contributed by atoms with Gasteiger partial charge in [-0.2, -0.15) is 0 Å². The molecule has 0 fully saturated rings. The zero-order valence-corrected chi connectivity index (χ0v) is 33.8. The summed E-state index contributed by atoms with van der Waals surface area (Å²) in [7, 11) is 0. The van der Waals surface area contributed by atoms with Crippen molar-refractivity contribution in [2.45, 2.75) is 5.41 Å². The first-order valence-corrected chi connectivity index (χ1v) is 21.7. The monoisotopic (exact) mass is 783 g/mol. The van der Waals surface area contributed by atoms with E-state index in [0.29, 0.717) is 0 Å². The van der Waals surface area contributed by atoms with Crippen molar-refractivity contribution < 1.29 is 0 Å². The molecule has 0 aromatic heterocycles. The third-order valence-electron chi connectivity index (χ3n) is 14.2. The fourth-order valence-corrected chi connectivity index (χ4v) is 11.7. The summed E-state index contributed by atoms with van der Waals surface area (Å²) in [5.41, 5.74) is 29.1. The van der Waals surface area contributed by atoms with Gasteiger partial charge in [0.15, 0.2) is 0 Å². The Morgan fingerprint density at radius 3 is 1.24 bits per heavy atom. The van der Waals surface area contributed by atoms with Gasteiger partial charge in [-0.3, -0.25) is 0 Å². The fraction of sp³-hybridized carbons (Fsp3) is 0.0164. The van der Waals surface area contributed by atoms with Gasteiger partial charge < -0.3 is 4.90 Å². The van der Waals surface area contributed by atoms with Crippen LogP contribution in [0.3, 0.4) is 0 Å². The predicted molar refractivity (Wildman–Crippen MR) is 257 cm³/mol. The van der Waals surface area contributed by atoms with Crippen molar-refractivity contribution in [3.05, 3.63) is 247 Å². The van der Waals surface area contributed by atoms with Crippen LogP contribution in [0.1, 0.15) is 22.3 Å². The van der Waals surface area contributed by atoms with E-state index in [0.717, 1.165) is 17.1 Å². The molecule has 0 aliphatic heterocycles. The number of hydrogen-bond acceptors (Lipinski definition) is 1. The summed E-state index contributed by atoms with van der Waals surface area (Å²) >= 11 is 0. The van der Waals surface area contributed by atoms with E-state index in [2.05, 4.69) is 229 Å². The molecule has 1 nitrogen and oxygen atoms in total. The second-order valence-electron chi connectivity index (χ2n) is 17.1. The number of anilines is 3. The molecule has 286 valence electrons. The highest BCUT2D eigenvalue weighted by Gasteiger charge is 2.51. The summed E-state index contributed by atoms with van der Waals surface area (Å²) in [6, 6.07) is 84.0. The highest BCUT2D eigenvalue weighted by Crippen LogP contribution is 2.63. The minimum atomic E-state index is -0.407. The SMILES string of the molecule is c1ccc(N(c2ccc(-c3ccc4c(c3)-c3c5cccc3-c3cccc-4c3-c3ccccc3-5)cc2)c2ccc3c(c2)C2(c4ccccc4-c4ccccc42)c2ccccc2-3)cc1. The molecule has 4 aliphatic carbocycles. The minimum Gasteiger partial charge on any atom is -0.310 e. The van der Waals surface area contributed by atoms with Crippen LogP contribution in [0.5, 0.6) is 0 Å². The van der Waals surface area contributed by atoms with Crippen molar-refractivity contribution in [3.8, 4) is 89.0 Å². The molecule has 10 aromatic rings. The molecule has 0 heterocycles. The predicted octanol–water partition coefficient (Wildman–Crippen LogP) is 16.1. The van der Waals surface area contributed by atoms with E-state index >= 15 is 0 Å². The van der Waals surface area contributed by atoms with Gasteiger partial charge in [0, 0.05) is 17.1 Å². The van der Waals surface area contributed by atoms with Crippen LogP contribution in [-0.2, 0) is 5.41 Å². The first kappa shape index (κ1) is 33.8. The molecular formula is C61H37N. The summed E-state index contributed by atoms with van der Waals surface area (Å²) in [6.07, 6.45) is 0. The highest BCUT2D eigenvalue weighted by atomic mass is 15.1. The third kappa shape index (κ3) is 4.37. The Morgan fingerprint density at radius 2 is 0.629 bits per heavy atom. The average Bonchev–Trinajstić information content (AvgIpc) is 3.77. The van der Waals surface area contributed by atoms with Crippen LogP contribution in [0.4, 0.5) is 17.1 Å². The first-order chi connectivity index (χ1) is 30.8. The van der Waals surface area contributed by atoms with Gasteiger partial charge in [0.2, 0.25) is 0 Å². The fourth-order valence-electron chi connectivity index (χ4n) is 11.7. The smallest absolute Gasteiger partial charge is 0.0726 e. The molecule has 62 heavy (non-hydrogen) atoms. The molecule has 0 saturated carbocycles. The van der Waals surface area contributed by atoms with E-state index in [1.54, 1.807) is 0 Å². The standard InChI is InChI=1S/C61H37N/c1-2-14-40(15-3-1)62(42-33-35-48-47-19-8-11-27-57(47)61(58(48)37-42)55-25-9-6-17-45(55)46-18-7-10-26-56(46)61)41-31-28-38(29-32-41)39-30-34-44-51-22-13-23-52-53-24-12-21-50(60(53)54(44)36-39)43-16-4-5-20-49(43)59(51)52/h1-37H. The van der Waals surface area contributed by atoms with Crippen LogP contribution in [0, 0.1) is 0 Å². The Balaban J connectivity index is 0.918. The third-order valence-corrected chi connectivity index (χ3v) is 14.2. The normalized spacial score (nSPS) is 13.3. The Kier molecular flexibility index (Phi) is 6.82. The number of nitrogens with zero attached hydrogens (tertiary/aromatic N) is 1. The summed E-state index contributed by atoms with van der Waals surface area (Å²) < 4.78 is 0. The van der Waals surface area contributed by atoms with E-state index in [9.17, 15) is 0 Å². The maximum Gasteiger partial charge on any atom is 0.0726 e. The zero-order chi connectivity index (χ0) is 40.5. The van der Waals surface area contributed by atoms with E-state index in [1.165, 1.54) is 111 Å². The molecule has 10 aromatic carbocycles. The topological polar surface area (TPSA) is 3.24 Å². The lowest BCUT2D eigenvalue weighted by atomic mass is 9.70. The molecule has 0 atom stereocenters. The molecule has 0 N–H and O–H groups in total. The molecule has 14 rings (SSSR count). The van der Waals surface area contributed by atoms with Gasteiger partial charge in [-0.15, -0.1) is 0 Å². The van der Waals surface area contributed by atoms with Crippen molar-refractivity contribution in [1.82, 2.24) is 0 Å². The van der Waals surface area contributed by atoms with Crippen LogP contribution in [0.2, 0.25) is 0 Å². The first-order valence-electron chi connectivity index (χ1n) is 21.7. The number of para-hydroxylation sites is 1. The maximum absolute atomic E-state index is 2.47. The molecule has 6 bridgehead atoms. The van der Waals surface area contributed by atoms with E-state index < -0.39 is 5.41 Å². The Bertz CT molecular complexity index is 3430. The average molecular weight is 784 g/mol. The van der Waals surface area contributed by atoms with E-state index in [1.807, 2.05) is 0 Å². The lowest BCUT2D eigenvalue weighted by Gasteiger charge is -2.32. The van der Waals surface area contributed by atoms with Gasteiger partial charge in [-0.05, 0) is 154 Å². The van der Waals surface area contributed by atoms with Crippen molar-refractivity contribution >= 4 is 17.1 Å². The number of benzene rings is 10. The summed E-state index contributed by atoms with van der Waals surface area (Å²) in [4.78, 5) is 2.42. The molecule has 0 amide bonds. The maximum atomic E-state index is 2.47. The number of rotatable bonds is 4. The van der Waals surface area contributed by atoms with E-state index in [4.69, 9.17) is 0 Å². The number of fused-ring (bicyclic) bond motifs is 14. The van der Waals surface area contributed by atoms with Crippen LogP contribution in [0.15, 0.2) is 224 Å². The lowest BCUT2D eigenvalue weighted by molar-refractivity contribution is 0.793. The van der Waals surface area contributed by atoms with Gasteiger partial charge in [0.05, 0.1) is 5.41 Å². The Labute approximate surface area is 361 Å². The molecule has 4 aliphatic rings. The van der Waals surface area contributed by atoms with Gasteiger partial charge in [0.25, 0.3) is 0 Å². The molecule has 0 saturated heterocycles. The highest BCUT2D eigenvalue weighted by molar-refractivity contribution is 6.15. The van der Waals surface area contributed by atoms with Crippen LogP contribution >= 0.6 is 0 Å². The molecule has 1 heteroatoms. The molecule has 1 spiro atoms. The van der Waals surface area contributed by atoms with Crippen LogP contribution < -0.4 is 4.90 Å². The largest absolute Gasteiger partial charge is 0.310 e. The summed E-state index contributed by atoms with van der Waals surface area (Å²) in [5.74, 6) is 0. The molecule has 0 unspecified atom stereocenters. The molecule has 0 radical (unpaired) electrons. The van der Waals surface area contributed by atoms with Crippen LogP contribution in [-0.4, -0.2) is 0 Å². The second-order valence-corrected chi connectivity index (χ2v) is 17.1. The van der Waals surface area contributed by atoms with Gasteiger partial charge in [-0.1, -0.05) is 182 Å². The second kappa shape index (κ2) is 12.5. The lowest BCUT2D eigenvalue weighted by Crippen LogP contribution is -2.26. The zero-order valence-electron chi connectivity index (χ0n) is 33.8. The van der Waals surface area contributed by atoms with E-state index in [-0.39, 0.29) is 0 Å². The Hall–Kier alpha value is -8.00. The van der Waals surface area contributed by atoms with Gasteiger partial charge in [0.1, 0.15) is 0 Å². The quantitative estimate of drug-likeness (QED) is 0.172. The van der Waals surface area contributed by atoms with Gasteiger partial charge in [-0.25, -0.2) is 0 Å². The minimum absolute atomic E-state index is 0.407. The number of hydrogen-bond donors (Lipinski definition) is 0. The summed E-state index contributed by atoms with van der Waals surface area (Å²) in [5, 5.41) is 0. The van der Waals surface area contributed by atoms with Crippen molar-refractivity contribution in [1.29, 1.82) is 0 Å². The Morgan fingerprint density at radius 1 is 0.226 bits per heavy atom. The van der Waals surface area contributed by atoms with Crippen molar-refractivity contribution in [2.24, 2.45) is 0 Å². The van der Waals surface area contributed by atoms with Crippen LogP contribution in [0.25, 0.3) is 89.0 Å². The molecular weight excluding hydrogens is 747 g/mol. The summed E-state index contributed by atoms with van der Waals surface area (Å²) in [6.45, 7) is 0. The van der Waals surface area contributed by atoms with Crippen molar-refractivity contribution in [3.63, 3.8) is 0 Å².